The van der Waals surface area contributed by atoms with Gasteiger partial charge in [-0.1, -0.05) is 47.6 Å². The standard InChI is InChI=1S/C27H24ClN5O4S/c1-3-36-25-14-19(8-13-24(25)37-17-21-7-5-4-6-20(21)15-29)26(16-32(34)35)38-27-31-30-18(2)33(27)23-11-9-22(28)10-12-23/h4-14,26H,3,16-17H2,1-2H3/t26-/m1/s1. The van der Waals surface area contributed by atoms with Crippen LogP contribution in [0, 0.1) is 28.4 Å². The van der Waals surface area contributed by atoms with E-state index < -0.39 is 5.25 Å². The molecule has 38 heavy (non-hydrogen) atoms. The number of aryl methyl sites for hydroxylation is 1. The Bertz CT molecular complexity index is 1470. The fraction of sp³-hybridized carbons (Fsp3) is 0.222. The maximum absolute atomic E-state index is 11.6. The number of halogens is 1. The highest BCUT2D eigenvalue weighted by Crippen LogP contribution is 2.40. The van der Waals surface area contributed by atoms with Crippen LogP contribution in [0.15, 0.2) is 71.9 Å². The fourth-order valence-corrected chi connectivity index (χ4v) is 5.09. The van der Waals surface area contributed by atoms with Crippen molar-refractivity contribution in [2.24, 2.45) is 0 Å². The number of aromatic nitrogens is 3. The van der Waals surface area contributed by atoms with Gasteiger partial charge in [-0.05, 0) is 61.9 Å². The summed E-state index contributed by atoms with van der Waals surface area (Å²) in [5.41, 5.74) is 2.77. The number of nitrogens with zero attached hydrogens (tertiary/aromatic N) is 5. The van der Waals surface area contributed by atoms with Gasteiger partial charge >= 0.3 is 0 Å². The Morgan fingerprint density at radius 1 is 1.11 bits per heavy atom. The van der Waals surface area contributed by atoms with Crippen molar-refractivity contribution >= 4 is 23.4 Å². The highest BCUT2D eigenvalue weighted by Gasteiger charge is 2.25. The molecule has 0 fully saturated rings. The van der Waals surface area contributed by atoms with Gasteiger partial charge in [-0.2, -0.15) is 5.26 Å². The number of nitro groups is 1. The van der Waals surface area contributed by atoms with Gasteiger partial charge in [0.1, 0.15) is 17.7 Å². The molecule has 9 nitrogen and oxygen atoms in total. The highest BCUT2D eigenvalue weighted by molar-refractivity contribution is 7.99. The van der Waals surface area contributed by atoms with Crippen molar-refractivity contribution in [2.45, 2.75) is 30.9 Å². The van der Waals surface area contributed by atoms with Gasteiger partial charge in [-0.25, -0.2) is 0 Å². The molecule has 0 spiro atoms. The first kappa shape index (κ1) is 27.0. The first-order chi connectivity index (χ1) is 18.4. The minimum atomic E-state index is -0.577. The predicted molar refractivity (Wildman–Crippen MR) is 145 cm³/mol. The maximum Gasteiger partial charge on any atom is 0.220 e. The van der Waals surface area contributed by atoms with Gasteiger partial charge in [-0.3, -0.25) is 14.7 Å². The lowest BCUT2D eigenvalue weighted by molar-refractivity contribution is -0.479. The van der Waals surface area contributed by atoms with Crippen LogP contribution in [0.4, 0.5) is 0 Å². The van der Waals surface area contributed by atoms with Crippen LogP contribution in [0.2, 0.25) is 5.02 Å². The molecule has 4 aromatic rings. The van der Waals surface area contributed by atoms with Crippen molar-refractivity contribution in [3.05, 3.63) is 104 Å². The molecule has 1 heterocycles. The van der Waals surface area contributed by atoms with E-state index in [1.54, 1.807) is 42.5 Å². The summed E-state index contributed by atoms with van der Waals surface area (Å²) in [6.07, 6.45) is 0. The lowest BCUT2D eigenvalue weighted by Crippen LogP contribution is -2.12. The Kier molecular flexibility index (Phi) is 8.84. The van der Waals surface area contributed by atoms with Gasteiger partial charge in [0.05, 0.1) is 18.2 Å². The average molecular weight is 550 g/mol. The normalized spacial score (nSPS) is 11.5. The zero-order valence-corrected chi connectivity index (χ0v) is 22.3. The van der Waals surface area contributed by atoms with E-state index in [0.29, 0.717) is 45.2 Å². The quantitative estimate of drug-likeness (QED) is 0.123. The minimum Gasteiger partial charge on any atom is -0.490 e. The van der Waals surface area contributed by atoms with E-state index >= 15 is 0 Å². The summed E-state index contributed by atoms with van der Waals surface area (Å²) >= 11 is 7.29. The van der Waals surface area contributed by atoms with Crippen molar-refractivity contribution < 1.29 is 14.4 Å². The van der Waals surface area contributed by atoms with Gasteiger partial charge in [0.2, 0.25) is 6.54 Å². The molecule has 4 rings (SSSR count). The molecular formula is C27H24ClN5O4S. The summed E-state index contributed by atoms with van der Waals surface area (Å²) in [7, 11) is 0. The molecule has 194 valence electrons. The molecule has 1 aromatic heterocycles. The molecule has 0 aliphatic rings. The topological polar surface area (TPSA) is 116 Å². The summed E-state index contributed by atoms with van der Waals surface area (Å²) in [6.45, 7) is 3.89. The smallest absolute Gasteiger partial charge is 0.220 e. The second kappa shape index (κ2) is 12.4. The molecule has 3 aromatic carbocycles. The van der Waals surface area contributed by atoms with Crippen LogP contribution in [0.5, 0.6) is 11.5 Å². The number of nitriles is 1. The van der Waals surface area contributed by atoms with E-state index in [2.05, 4.69) is 16.3 Å². The fourth-order valence-electron chi connectivity index (χ4n) is 3.80. The van der Waals surface area contributed by atoms with Crippen LogP contribution in [0.3, 0.4) is 0 Å². The van der Waals surface area contributed by atoms with Gasteiger partial charge in [0.25, 0.3) is 0 Å². The minimum absolute atomic E-state index is 0.180. The van der Waals surface area contributed by atoms with Crippen molar-refractivity contribution in [3.8, 4) is 23.3 Å². The molecule has 0 radical (unpaired) electrons. The lowest BCUT2D eigenvalue weighted by atomic mass is 10.1. The van der Waals surface area contributed by atoms with E-state index in [4.69, 9.17) is 21.1 Å². The van der Waals surface area contributed by atoms with Gasteiger partial charge in [-0.15, -0.1) is 10.2 Å². The number of thioether (sulfide) groups is 1. The Hall–Kier alpha value is -4.07. The van der Waals surface area contributed by atoms with Crippen LogP contribution in [-0.2, 0) is 6.61 Å². The number of hydrogen-bond donors (Lipinski definition) is 0. The third kappa shape index (κ3) is 6.43. The number of ether oxygens (including phenoxy) is 2. The van der Waals surface area contributed by atoms with Crippen molar-refractivity contribution in [2.75, 3.05) is 13.2 Å². The third-order valence-electron chi connectivity index (χ3n) is 5.60. The van der Waals surface area contributed by atoms with Crippen molar-refractivity contribution in [1.82, 2.24) is 14.8 Å². The largest absolute Gasteiger partial charge is 0.490 e. The Morgan fingerprint density at radius 2 is 1.87 bits per heavy atom. The second-order valence-electron chi connectivity index (χ2n) is 8.16. The van der Waals surface area contributed by atoms with Gasteiger partial charge < -0.3 is 9.47 Å². The van der Waals surface area contributed by atoms with Crippen molar-refractivity contribution in [3.63, 3.8) is 0 Å². The van der Waals surface area contributed by atoms with Crippen LogP contribution < -0.4 is 9.47 Å². The van der Waals surface area contributed by atoms with Crippen LogP contribution >= 0.6 is 23.4 Å². The molecule has 0 unspecified atom stereocenters. The average Bonchev–Trinajstić information content (AvgIpc) is 3.27. The van der Waals surface area contributed by atoms with Gasteiger partial charge in [0, 0.05) is 21.2 Å². The molecule has 0 saturated carbocycles. The zero-order valence-electron chi connectivity index (χ0n) is 20.7. The first-order valence-electron chi connectivity index (χ1n) is 11.7. The summed E-state index contributed by atoms with van der Waals surface area (Å²) in [5, 5.41) is 30.0. The van der Waals surface area contributed by atoms with E-state index in [1.165, 1.54) is 11.8 Å². The SMILES string of the molecule is CCOc1cc([C@@H](C[N+](=O)[O-])Sc2nnc(C)n2-c2ccc(Cl)cc2)ccc1OCc1ccccc1C#N. The Morgan fingerprint density at radius 3 is 2.58 bits per heavy atom. The lowest BCUT2D eigenvalue weighted by Gasteiger charge is -2.17. The van der Waals surface area contributed by atoms with E-state index in [9.17, 15) is 15.4 Å². The summed E-state index contributed by atoms with van der Waals surface area (Å²) in [5.74, 6) is 1.59. The predicted octanol–water partition coefficient (Wildman–Crippen LogP) is 6.19. The third-order valence-corrected chi connectivity index (χ3v) is 7.04. The molecule has 0 amide bonds. The molecule has 11 heteroatoms. The molecule has 1 atom stereocenters. The number of benzene rings is 3. The van der Waals surface area contributed by atoms with E-state index in [0.717, 1.165) is 11.3 Å². The summed E-state index contributed by atoms with van der Waals surface area (Å²) in [4.78, 5) is 11.3. The molecule has 0 aliphatic carbocycles. The van der Waals surface area contributed by atoms with Gasteiger partial charge in [0.15, 0.2) is 16.7 Å². The number of hydrogen-bond acceptors (Lipinski definition) is 8. The van der Waals surface area contributed by atoms with E-state index in [-0.39, 0.29) is 18.1 Å². The zero-order chi connectivity index (χ0) is 27.1. The summed E-state index contributed by atoms with van der Waals surface area (Å²) < 4.78 is 13.6. The second-order valence-corrected chi connectivity index (χ2v) is 9.77. The molecular weight excluding hydrogens is 526 g/mol. The first-order valence-corrected chi connectivity index (χ1v) is 13.0. The summed E-state index contributed by atoms with van der Waals surface area (Å²) in [6, 6.07) is 21.8. The Balaban J connectivity index is 1.63. The molecule has 0 saturated heterocycles. The highest BCUT2D eigenvalue weighted by atomic mass is 35.5. The number of rotatable bonds is 11. The monoisotopic (exact) mass is 549 g/mol. The van der Waals surface area contributed by atoms with Crippen LogP contribution in [0.1, 0.15) is 34.7 Å². The maximum atomic E-state index is 11.6. The molecule has 0 aliphatic heterocycles. The Labute approximate surface area is 229 Å². The van der Waals surface area contributed by atoms with Crippen LogP contribution in [-0.4, -0.2) is 32.8 Å². The molecule has 0 bridgehead atoms. The van der Waals surface area contributed by atoms with Crippen molar-refractivity contribution in [1.29, 1.82) is 5.26 Å². The van der Waals surface area contributed by atoms with E-state index in [1.807, 2.05) is 42.7 Å². The van der Waals surface area contributed by atoms with Crippen LogP contribution in [0.25, 0.3) is 5.69 Å². The molecule has 0 N–H and O–H groups in total.